The van der Waals surface area contributed by atoms with Crippen molar-refractivity contribution in [3.63, 3.8) is 0 Å². The average molecular weight is 238 g/mol. The number of thioether (sulfide) groups is 1. The number of aliphatic hydroxyl groups excluding tert-OH is 3. The second-order valence-corrected chi connectivity index (χ2v) is 4.52. The molecule has 0 aromatic carbocycles. The quantitative estimate of drug-likeness (QED) is 0.363. The van der Waals surface area contributed by atoms with Crippen molar-refractivity contribution < 1.29 is 20.1 Å². The van der Waals surface area contributed by atoms with Crippen LogP contribution in [0.5, 0.6) is 0 Å². The molecule has 0 bridgehead atoms. The minimum Gasteiger partial charge on any atom is -0.396 e. The summed E-state index contributed by atoms with van der Waals surface area (Å²) in [6.07, 6.45) is 3.50. The molecule has 0 aliphatic heterocycles. The molecule has 1 unspecified atom stereocenters. The maximum Gasteiger partial charge on any atom is 0.0993 e. The molecular formula is C10H22O4S. The van der Waals surface area contributed by atoms with Crippen LogP contribution >= 0.6 is 11.8 Å². The van der Waals surface area contributed by atoms with Crippen molar-refractivity contribution in [3.8, 4) is 0 Å². The van der Waals surface area contributed by atoms with Gasteiger partial charge in [-0.15, -0.1) is 11.8 Å². The van der Waals surface area contributed by atoms with Crippen molar-refractivity contribution >= 4 is 11.8 Å². The lowest BCUT2D eigenvalue weighted by atomic mass is 10.2. The molecule has 0 aliphatic rings. The molecule has 0 rings (SSSR count). The second-order valence-electron chi connectivity index (χ2n) is 3.23. The van der Waals surface area contributed by atoms with Crippen LogP contribution in [-0.2, 0) is 4.74 Å². The van der Waals surface area contributed by atoms with E-state index < -0.39 is 0 Å². The molecule has 0 aromatic rings. The molecular weight excluding hydrogens is 216 g/mol. The third-order valence-electron chi connectivity index (χ3n) is 1.88. The maximum atomic E-state index is 9.50. The highest BCUT2D eigenvalue weighted by Gasteiger charge is 2.03. The van der Waals surface area contributed by atoms with Gasteiger partial charge in [-0.3, -0.25) is 0 Å². The molecule has 0 fully saturated rings. The summed E-state index contributed by atoms with van der Waals surface area (Å²) in [5, 5.41) is 26.5. The Morgan fingerprint density at radius 2 is 1.80 bits per heavy atom. The van der Waals surface area contributed by atoms with Gasteiger partial charge in [0.25, 0.3) is 0 Å². The van der Waals surface area contributed by atoms with Crippen LogP contribution in [0.3, 0.4) is 0 Å². The van der Waals surface area contributed by atoms with E-state index in [1.165, 1.54) is 11.8 Å². The molecule has 0 saturated heterocycles. The SMILES string of the molecule is OCCCCCC(O)SCCOCCO. The fourth-order valence-electron chi connectivity index (χ4n) is 1.10. The molecule has 15 heavy (non-hydrogen) atoms. The summed E-state index contributed by atoms with van der Waals surface area (Å²) in [7, 11) is 0. The Kier molecular flexibility index (Phi) is 12.4. The highest BCUT2D eigenvalue weighted by molar-refractivity contribution is 7.99. The second kappa shape index (κ2) is 12.3. The van der Waals surface area contributed by atoms with E-state index in [0.29, 0.717) is 13.2 Å². The summed E-state index contributed by atoms with van der Waals surface area (Å²) < 4.78 is 5.06. The predicted octanol–water partition coefficient (Wildman–Crippen LogP) is 0.600. The van der Waals surface area contributed by atoms with Crippen molar-refractivity contribution in [2.45, 2.75) is 31.1 Å². The number of ether oxygens (including phenoxy) is 1. The van der Waals surface area contributed by atoms with Crippen LogP contribution in [0.25, 0.3) is 0 Å². The number of hydrogen-bond donors (Lipinski definition) is 3. The minimum atomic E-state index is -0.332. The fourth-order valence-corrected chi connectivity index (χ4v) is 1.92. The summed E-state index contributed by atoms with van der Waals surface area (Å²) in [6, 6.07) is 0. The van der Waals surface area contributed by atoms with E-state index in [0.717, 1.165) is 31.4 Å². The lowest BCUT2D eigenvalue weighted by Gasteiger charge is -2.09. The Bertz CT molecular complexity index is 124. The van der Waals surface area contributed by atoms with E-state index in [4.69, 9.17) is 14.9 Å². The zero-order chi connectivity index (χ0) is 11.4. The number of rotatable bonds is 11. The van der Waals surface area contributed by atoms with Gasteiger partial charge in [0.2, 0.25) is 0 Å². The van der Waals surface area contributed by atoms with Crippen molar-refractivity contribution in [3.05, 3.63) is 0 Å². The van der Waals surface area contributed by atoms with Gasteiger partial charge in [-0.05, 0) is 19.3 Å². The molecule has 0 aliphatic carbocycles. The summed E-state index contributed by atoms with van der Waals surface area (Å²) in [5.74, 6) is 0.751. The van der Waals surface area contributed by atoms with Crippen LogP contribution in [0.15, 0.2) is 0 Å². The summed E-state index contributed by atoms with van der Waals surface area (Å²) in [6.45, 7) is 1.22. The lowest BCUT2D eigenvalue weighted by molar-refractivity contribution is 0.103. The average Bonchev–Trinajstić information content (AvgIpc) is 2.24. The molecule has 4 nitrogen and oxygen atoms in total. The molecule has 92 valence electrons. The van der Waals surface area contributed by atoms with E-state index in [-0.39, 0.29) is 18.6 Å². The first-order valence-corrected chi connectivity index (χ1v) is 6.45. The third kappa shape index (κ3) is 12.1. The summed E-state index contributed by atoms with van der Waals surface area (Å²) >= 11 is 1.47. The smallest absolute Gasteiger partial charge is 0.0993 e. The van der Waals surface area contributed by atoms with Crippen molar-refractivity contribution in [2.24, 2.45) is 0 Å². The highest BCUT2D eigenvalue weighted by Crippen LogP contribution is 2.14. The summed E-state index contributed by atoms with van der Waals surface area (Å²) in [5.41, 5.74) is -0.332. The Labute approximate surface area is 95.6 Å². The number of aliphatic hydroxyl groups is 3. The van der Waals surface area contributed by atoms with Gasteiger partial charge in [-0.2, -0.15) is 0 Å². The van der Waals surface area contributed by atoms with Gasteiger partial charge in [-0.25, -0.2) is 0 Å². The van der Waals surface area contributed by atoms with Gasteiger partial charge >= 0.3 is 0 Å². The lowest BCUT2D eigenvalue weighted by Crippen LogP contribution is -2.07. The molecule has 3 N–H and O–H groups in total. The van der Waals surface area contributed by atoms with Crippen LogP contribution in [-0.4, -0.2) is 52.9 Å². The Balaban J connectivity index is 3.08. The zero-order valence-corrected chi connectivity index (χ0v) is 9.92. The maximum absolute atomic E-state index is 9.50. The van der Waals surface area contributed by atoms with E-state index in [1.807, 2.05) is 0 Å². The van der Waals surface area contributed by atoms with E-state index in [2.05, 4.69) is 0 Å². The Morgan fingerprint density at radius 1 is 1.00 bits per heavy atom. The van der Waals surface area contributed by atoms with Crippen LogP contribution < -0.4 is 0 Å². The summed E-state index contributed by atoms with van der Waals surface area (Å²) in [4.78, 5) is 0. The monoisotopic (exact) mass is 238 g/mol. The van der Waals surface area contributed by atoms with Gasteiger partial charge in [0.15, 0.2) is 0 Å². The van der Waals surface area contributed by atoms with E-state index in [1.54, 1.807) is 0 Å². The molecule has 0 heterocycles. The number of unbranched alkanes of at least 4 members (excludes halogenated alkanes) is 2. The zero-order valence-electron chi connectivity index (χ0n) is 9.10. The van der Waals surface area contributed by atoms with Gasteiger partial charge in [0.05, 0.1) is 25.3 Å². The van der Waals surface area contributed by atoms with E-state index in [9.17, 15) is 5.11 Å². The van der Waals surface area contributed by atoms with Crippen LogP contribution in [0, 0.1) is 0 Å². The highest BCUT2D eigenvalue weighted by atomic mass is 32.2. The van der Waals surface area contributed by atoms with E-state index >= 15 is 0 Å². The fraction of sp³-hybridized carbons (Fsp3) is 1.00. The third-order valence-corrected chi connectivity index (χ3v) is 2.91. The molecule has 5 heteroatoms. The number of hydrogen-bond acceptors (Lipinski definition) is 5. The first-order valence-electron chi connectivity index (χ1n) is 5.40. The van der Waals surface area contributed by atoms with Gasteiger partial charge in [0, 0.05) is 12.4 Å². The first kappa shape index (κ1) is 15.2. The molecule has 0 spiro atoms. The first-order chi connectivity index (χ1) is 7.31. The standard InChI is InChI=1S/C10H22O4S/c11-5-3-1-2-4-10(13)15-9-8-14-7-6-12/h10-13H,1-9H2. The largest absolute Gasteiger partial charge is 0.396 e. The predicted molar refractivity (Wildman–Crippen MR) is 61.9 cm³/mol. The van der Waals surface area contributed by atoms with Crippen molar-refractivity contribution in [1.29, 1.82) is 0 Å². The van der Waals surface area contributed by atoms with Crippen LogP contribution in [0.2, 0.25) is 0 Å². The Morgan fingerprint density at radius 3 is 2.47 bits per heavy atom. The molecule has 1 atom stereocenters. The molecule has 0 saturated carbocycles. The van der Waals surface area contributed by atoms with Crippen LogP contribution in [0.4, 0.5) is 0 Å². The minimum absolute atomic E-state index is 0.0500. The van der Waals surface area contributed by atoms with Crippen molar-refractivity contribution in [1.82, 2.24) is 0 Å². The normalized spacial score (nSPS) is 13.0. The Hall–Kier alpha value is 0.190. The van der Waals surface area contributed by atoms with Crippen LogP contribution in [0.1, 0.15) is 25.7 Å². The van der Waals surface area contributed by atoms with Gasteiger partial charge < -0.3 is 20.1 Å². The van der Waals surface area contributed by atoms with Gasteiger partial charge in [0.1, 0.15) is 0 Å². The molecule has 0 aromatic heterocycles. The topological polar surface area (TPSA) is 69.9 Å². The van der Waals surface area contributed by atoms with Gasteiger partial charge in [-0.1, -0.05) is 6.42 Å². The van der Waals surface area contributed by atoms with Crippen molar-refractivity contribution in [2.75, 3.05) is 32.2 Å². The molecule has 0 amide bonds. The molecule has 0 radical (unpaired) electrons.